The van der Waals surface area contributed by atoms with Crippen LogP contribution in [0, 0.1) is 12.7 Å². The van der Waals surface area contributed by atoms with E-state index in [-0.39, 0.29) is 5.82 Å². The van der Waals surface area contributed by atoms with Crippen molar-refractivity contribution in [3.8, 4) is 22.4 Å². The molecule has 0 aliphatic heterocycles. The summed E-state index contributed by atoms with van der Waals surface area (Å²) in [5.41, 5.74) is 5.26. The van der Waals surface area contributed by atoms with Crippen molar-refractivity contribution in [1.82, 2.24) is 4.98 Å². The van der Waals surface area contributed by atoms with Crippen LogP contribution in [0.4, 0.5) is 4.39 Å². The van der Waals surface area contributed by atoms with Gasteiger partial charge in [0.25, 0.3) is 0 Å². The van der Waals surface area contributed by atoms with Crippen molar-refractivity contribution < 1.29 is 4.39 Å². The zero-order valence-corrected chi connectivity index (χ0v) is 11.2. The largest absolute Gasteiger partial charge is 0.256 e. The second-order valence-corrected chi connectivity index (χ2v) is 4.72. The van der Waals surface area contributed by atoms with Gasteiger partial charge in [0.15, 0.2) is 0 Å². The molecular formula is C18H14FN. The number of hydrogen-bond donors (Lipinski definition) is 0. The molecule has 0 radical (unpaired) electrons. The third-order valence-corrected chi connectivity index (χ3v) is 3.35. The average Bonchev–Trinajstić information content (AvgIpc) is 2.49. The summed E-state index contributed by atoms with van der Waals surface area (Å²) in [4.78, 5) is 4.44. The molecule has 0 fully saturated rings. The maximum absolute atomic E-state index is 13.1. The third-order valence-electron chi connectivity index (χ3n) is 3.35. The van der Waals surface area contributed by atoms with Crippen molar-refractivity contribution in [2.45, 2.75) is 6.92 Å². The van der Waals surface area contributed by atoms with Crippen LogP contribution in [-0.4, -0.2) is 4.98 Å². The molecule has 0 aliphatic rings. The van der Waals surface area contributed by atoms with Gasteiger partial charge in [0.2, 0.25) is 0 Å². The lowest BCUT2D eigenvalue weighted by atomic mass is 9.93. The predicted molar refractivity (Wildman–Crippen MR) is 79.8 cm³/mol. The van der Waals surface area contributed by atoms with Gasteiger partial charge < -0.3 is 0 Å². The number of hydrogen-bond acceptors (Lipinski definition) is 1. The van der Waals surface area contributed by atoms with Crippen molar-refractivity contribution in [1.29, 1.82) is 0 Å². The molecule has 3 aromatic rings. The second-order valence-electron chi connectivity index (χ2n) is 4.72. The molecule has 0 saturated carbocycles. The summed E-state index contributed by atoms with van der Waals surface area (Å²) in [5, 5.41) is 0. The number of aromatic nitrogens is 1. The van der Waals surface area contributed by atoms with Crippen LogP contribution in [0.1, 0.15) is 5.56 Å². The molecule has 20 heavy (non-hydrogen) atoms. The first-order valence-electron chi connectivity index (χ1n) is 6.52. The fraction of sp³-hybridized carbons (Fsp3) is 0.0556. The number of aryl methyl sites for hydroxylation is 1. The minimum atomic E-state index is -0.221. The molecule has 98 valence electrons. The maximum Gasteiger partial charge on any atom is 0.123 e. The normalized spacial score (nSPS) is 10.5. The van der Waals surface area contributed by atoms with Gasteiger partial charge in [0.05, 0.1) is 5.69 Å². The Morgan fingerprint density at radius 2 is 1.65 bits per heavy atom. The van der Waals surface area contributed by atoms with Crippen LogP contribution < -0.4 is 0 Å². The lowest BCUT2D eigenvalue weighted by Gasteiger charge is -2.12. The van der Waals surface area contributed by atoms with E-state index in [9.17, 15) is 4.39 Å². The molecule has 0 N–H and O–H groups in total. The molecule has 3 rings (SSSR count). The Kier molecular flexibility index (Phi) is 3.30. The molecule has 2 heteroatoms. The summed E-state index contributed by atoms with van der Waals surface area (Å²) in [6, 6.07) is 18.6. The summed E-state index contributed by atoms with van der Waals surface area (Å²) in [6.45, 7) is 2.07. The highest BCUT2D eigenvalue weighted by molar-refractivity contribution is 5.83. The average molecular weight is 263 g/mol. The summed E-state index contributed by atoms with van der Waals surface area (Å²) in [7, 11) is 0. The monoisotopic (exact) mass is 263 g/mol. The number of halogens is 1. The second kappa shape index (κ2) is 5.25. The molecule has 2 aromatic carbocycles. The van der Waals surface area contributed by atoms with Crippen molar-refractivity contribution in [3.63, 3.8) is 0 Å². The standard InChI is InChI=1S/C18H14FN/c1-13-5-4-6-16(14-8-10-15(19)11-9-14)18(13)17-7-2-3-12-20-17/h2-12H,1H3. The van der Waals surface area contributed by atoms with E-state index in [0.29, 0.717) is 0 Å². The number of nitrogens with zero attached hydrogens (tertiary/aromatic N) is 1. The molecule has 0 atom stereocenters. The molecule has 0 bridgehead atoms. The first kappa shape index (κ1) is 12.5. The van der Waals surface area contributed by atoms with E-state index in [1.165, 1.54) is 12.1 Å². The number of pyridine rings is 1. The van der Waals surface area contributed by atoms with Gasteiger partial charge in [0, 0.05) is 11.8 Å². The molecule has 1 nitrogen and oxygen atoms in total. The molecule has 0 unspecified atom stereocenters. The molecule has 0 saturated heterocycles. The van der Waals surface area contributed by atoms with E-state index in [1.54, 1.807) is 18.3 Å². The van der Waals surface area contributed by atoms with Crippen LogP contribution in [0.3, 0.4) is 0 Å². The van der Waals surface area contributed by atoms with E-state index in [1.807, 2.05) is 30.3 Å². The molecule has 0 amide bonds. The number of benzene rings is 2. The highest BCUT2D eigenvalue weighted by Gasteiger charge is 2.10. The molecule has 0 aliphatic carbocycles. The van der Waals surface area contributed by atoms with Crippen LogP contribution in [0.15, 0.2) is 66.9 Å². The van der Waals surface area contributed by atoms with Crippen molar-refractivity contribution in [2.75, 3.05) is 0 Å². The van der Waals surface area contributed by atoms with Crippen molar-refractivity contribution >= 4 is 0 Å². The van der Waals surface area contributed by atoms with Crippen LogP contribution in [0.5, 0.6) is 0 Å². The Morgan fingerprint density at radius 1 is 0.850 bits per heavy atom. The molecule has 1 aromatic heterocycles. The van der Waals surface area contributed by atoms with E-state index in [4.69, 9.17) is 0 Å². The highest BCUT2D eigenvalue weighted by Crippen LogP contribution is 2.33. The number of rotatable bonds is 2. The Morgan fingerprint density at radius 3 is 2.35 bits per heavy atom. The Hall–Kier alpha value is -2.48. The van der Waals surface area contributed by atoms with E-state index in [0.717, 1.165) is 27.9 Å². The van der Waals surface area contributed by atoms with E-state index >= 15 is 0 Å². The smallest absolute Gasteiger partial charge is 0.123 e. The van der Waals surface area contributed by atoms with Gasteiger partial charge >= 0.3 is 0 Å². The Bertz CT molecular complexity index is 718. The fourth-order valence-corrected chi connectivity index (χ4v) is 2.39. The summed E-state index contributed by atoms with van der Waals surface area (Å²) >= 11 is 0. The van der Waals surface area contributed by atoms with Gasteiger partial charge in [-0.1, -0.05) is 36.4 Å². The zero-order chi connectivity index (χ0) is 13.9. The zero-order valence-electron chi connectivity index (χ0n) is 11.2. The summed E-state index contributed by atoms with van der Waals surface area (Å²) < 4.78 is 13.1. The first-order chi connectivity index (χ1) is 9.75. The third kappa shape index (κ3) is 2.32. The van der Waals surface area contributed by atoms with Gasteiger partial charge in [-0.3, -0.25) is 4.98 Å². The summed E-state index contributed by atoms with van der Waals surface area (Å²) in [5.74, 6) is -0.221. The van der Waals surface area contributed by atoms with Gasteiger partial charge in [0.1, 0.15) is 5.82 Å². The van der Waals surface area contributed by atoms with Gasteiger partial charge in [-0.15, -0.1) is 0 Å². The van der Waals surface area contributed by atoms with E-state index in [2.05, 4.69) is 18.0 Å². The first-order valence-corrected chi connectivity index (χ1v) is 6.52. The maximum atomic E-state index is 13.1. The molecular weight excluding hydrogens is 249 g/mol. The van der Waals surface area contributed by atoms with Crippen LogP contribution in [0.2, 0.25) is 0 Å². The SMILES string of the molecule is Cc1cccc(-c2ccc(F)cc2)c1-c1ccccn1. The molecule has 1 heterocycles. The quantitative estimate of drug-likeness (QED) is 0.643. The lowest BCUT2D eigenvalue weighted by molar-refractivity contribution is 0.628. The van der Waals surface area contributed by atoms with Crippen LogP contribution in [0.25, 0.3) is 22.4 Å². The van der Waals surface area contributed by atoms with Gasteiger partial charge in [-0.2, -0.15) is 0 Å². The predicted octanol–water partition coefficient (Wildman–Crippen LogP) is 4.86. The minimum absolute atomic E-state index is 0.221. The minimum Gasteiger partial charge on any atom is -0.256 e. The Labute approximate surface area is 117 Å². The van der Waals surface area contributed by atoms with Crippen molar-refractivity contribution in [2.24, 2.45) is 0 Å². The van der Waals surface area contributed by atoms with Crippen LogP contribution in [-0.2, 0) is 0 Å². The van der Waals surface area contributed by atoms with Crippen molar-refractivity contribution in [3.05, 3.63) is 78.2 Å². The topological polar surface area (TPSA) is 12.9 Å². The van der Waals surface area contributed by atoms with Crippen LogP contribution >= 0.6 is 0 Å². The molecule has 0 spiro atoms. The van der Waals surface area contributed by atoms with Gasteiger partial charge in [-0.25, -0.2) is 4.39 Å². The Balaban J connectivity index is 2.22. The highest BCUT2D eigenvalue weighted by atomic mass is 19.1. The van der Waals surface area contributed by atoms with Gasteiger partial charge in [-0.05, 0) is 47.9 Å². The lowest BCUT2D eigenvalue weighted by Crippen LogP contribution is -1.91. The van der Waals surface area contributed by atoms with E-state index < -0.39 is 0 Å². The summed E-state index contributed by atoms with van der Waals surface area (Å²) in [6.07, 6.45) is 1.79. The fourth-order valence-electron chi connectivity index (χ4n) is 2.39.